The van der Waals surface area contributed by atoms with E-state index < -0.39 is 0 Å². The molecule has 60 valence electrons. The van der Waals surface area contributed by atoms with Gasteiger partial charge in [0.25, 0.3) is 0 Å². The lowest BCUT2D eigenvalue weighted by molar-refractivity contribution is 1.08. The molecule has 12 heavy (non-hydrogen) atoms. The first-order chi connectivity index (χ1) is 5.86. The molecule has 0 aliphatic heterocycles. The smallest absolute Gasteiger partial charge is 0.210 e. The average Bonchev–Trinajstić information content (AvgIpc) is 2.56. The van der Waals surface area contributed by atoms with Crippen molar-refractivity contribution in [3.05, 3.63) is 23.5 Å². The van der Waals surface area contributed by atoms with Gasteiger partial charge in [-0.05, 0) is 24.5 Å². The van der Waals surface area contributed by atoms with Crippen molar-refractivity contribution >= 4 is 11.5 Å². The van der Waals surface area contributed by atoms with Crippen molar-refractivity contribution in [2.75, 3.05) is 0 Å². The highest BCUT2D eigenvalue weighted by Crippen LogP contribution is 2.08. The molecule has 0 bridgehead atoms. The molecule has 5 heteroatoms. The van der Waals surface area contributed by atoms with E-state index in [4.69, 9.17) is 0 Å². The zero-order valence-corrected chi connectivity index (χ0v) is 7.25. The summed E-state index contributed by atoms with van der Waals surface area (Å²) in [4.78, 5) is 12.2. The van der Waals surface area contributed by atoms with Crippen LogP contribution >= 0.6 is 11.5 Å². The topological polar surface area (TPSA) is 51.6 Å². The second-order valence-corrected chi connectivity index (χ2v) is 2.88. The van der Waals surface area contributed by atoms with Gasteiger partial charge in [0.05, 0.1) is 0 Å². The van der Waals surface area contributed by atoms with Crippen molar-refractivity contribution in [2.45, 2.75) is 6.92 Å². The zero-order valence-electron chi connectivity index (χ0n) is 6.43. The minimum atomic E-state index is 0.594. The number of rotatable bonds is 1. The van der Waals surface area contributed by atoms with Crippen LogP contribution in [0.4, 0.5) is 0 Å². The summed E-state index contributed by atoms with van der Waals surface area (Å²) in [7, 11) is 0. The first-order valence-electron chi connectivity index (χ1n) is 3.42. The fourth-order valence-corrected chi connectivity index (χ4v) is 1.25. The van der Waals surface area contributed by atoms with Crippen molar-refractivity contribution in [1.82, 2.24) is 19.3 Å². The molecular weight excluding hydrogens is 172 g/mol. The van der Waals surface area contributed by atoms with Crippen LogP contribution in [0.25, 0.3) is 11.6 Å². The molecule has 0 radical (unpaired) electrons. The molecule has 0 aromatic carbocycles. The van der Waals surface area contributed by atoms with Crippen LogP contribution in [0, 0.1) is 6.92 Å². The Kier molecular flexibility index (Phi) is 1.79. The van der Waals surface area contributed by atoms with E-state index in [0.29, 0.717) is 11.6 Å². The van der Waals surface area contributed by atoms with Crippen LogP contribution in [0.2, 0.25) is 0 Å². The third-order valence-electron chi connectivity index (χ3n) is 1.36. The summed E-state index contributed by atoms with van der Waals surface area (Å²) in [6.07, 6.45) is 1.71. The highest BCUT2D eigenvalue weighted by Gasteiger charge is 2.03. The first-order valence-corrected chi connectivity index (χ1v) is 4.26. The maximum absolute atomic E-state index is 4.19. The molecule has 0 fully saturated rings. The lowest BCUT2D eigenvalue weighted by Gasteiger charge is -1.93. The van der Waals surface area contributed by atoms with Gasteiger partial charge in [-0.1, -0.05) is 0 Å². The summed E-state index contributed by atoms with van der Waals surface area (Å²) in [6.45, 7) is 1.91. The van der Waals surface area contributed by atoms with Gasteiger partial charge in [0.1, 0.15) is 5.51 Å². The number of hydrogen-bond donors (Lipinski definition) is 0. The van der Waals surface area contributed by atoms with Crippen LogP contribution in [0.15, 0.2) is 17.8 Å². The van der Waals surface area contributed by atoms with Gasteiger partial charge < -0.3 is 0 Å². The van der Waals surface area contributed by atoms with E-state index >= 15 is 0 Å². The number of hydrogen-bond acceptors (Lipinski definition) is 5. The fraction of sp³-hybridized carbons (Fsp3) is 0.143. The van der Waals surface area contributed by atoms with Crippen molar-refractivity contribution in [3.8, 4) is 11.6 Å². The maximum Gasteiger partial charge on any atom is 0.210 e. The highest BCUT2D eigenvalue weighted by atomic mass is 32.1. The van der Waals surface area contributed by atoms with Crippen molar-refractivity contribution in [1.29, 1.82) is 0 Å². The van der Waals surface area contributed by atoms with Crippen LogP contribution in [-0.2, 0) is 0 Å². The van der Waals surface area contributed by atoms with E-state index in [1.54, 1.807) is 11.7 Å². The van der Waals surface area contributed by atoms with Gasteiger partial charge in [0.2, 0.25) is 5.82 Å². The van der Waals surface area contributed by atoms with Gasteiger partial charge in [-0.15, -0.1) is 0 Å². The minimum Gasteiger partial charge on any atom is -0.234 e. The van der Waals surface area contributed by atoms with Crippen LogP contribution in [0.3, 0.4) is 0 Å². The third kappa shape index (κ3) is 1.31. The predicted molar refractivity (Wildman–Crippen MR) is 45.7 cm³/mol. The van der Waals surface area contributed by atoms with Crippen LogP contribution in [-0.4, -0.2) is 19.3 Å². The van der Waals surface area contributed by atoms with Gasteiger partial charge in [-0.25, -0.2) is 15.0 Å². The Hall–Kier alpha value is -1.36. The molecule has 0 atom stereocenters. The molecule has 0 saturated carbocycles. The van der Waals surface area contributed by atoms with Crippen LogP contribution < -0.4 is 0 Å². The van der Waals surface area contributed by atoms with E-state index in [2.05, 4.69) is 19.3 Å². The molecule has 0 saturated heterocycles. The van der Waals surface area contributed by atoms with E-state index in [1.165, 1.54) is 11.5 Å². The second-order valence-electron chi connectivity index (χ2n) is 2.28. The minimum absolute atomic E-state index is 0.594. The highest BCUT2D eigenvalue weighted by molar-refractivity contribution is 7.03. The van der Waals surface area contributed by atoms with Crippen LogP contribution in [0.1, 0.15) is 5.69 Å². The van der Waals surface area contributed by atoms with Crippen molar-refractivity contribution in [2.24, 2.45) is 0 Å². The van der Waals surface area contributed by atoms with Gasteiger partial charge in [-0.2, -0.15) is 4.37 Å². The largest absolute Gasteiger partial charge is 0.234 e. The Morgan fingerprint density at radius 2 is 2.17 bits per heavy atom. The molecule has 2 aromatic heterocycles. The lowest BCUT2D eigenvalue weighted by Crippen LogP contribution is -1.91. The van der Waals surface area contributed by atoms with Crippen molar-refractivity contribution in [3.63, 3.8) is 0 Å². The quantitative estimate of drug-likeness (QED) is 0.660. The monoisotopic (exact) mass is 178 g/mol. The Balaban J connectivity index is 2.48. The standard InChI is InChI=1S/C7H6N4S/c1-5-2-3-8-6(10-5)7-9-4-12-11-7/h2-4H,1H3. The van der Waals surface area contributed by atoms with Gasteiger partial charge in [-0.3, -0.25) is 0 Å². The fourth-order valence-electron chi connectivity index (χ4n) is 0.826. The zero-order chi connectivity index (χ0) is 8.39. The number of nitrogens with zero attached hydrogens (tertiary/aromatic N) is 4. The molecule has 4 nitrogen and oxygen atoms in total. The lowest BCUT2D eigenvalue weighted by atomic mass is 10.4. The molecule has 2 rings (SSSR count). The first kappa shape index (κ1) is 7.30. The molecule has 0 N–H and O–H groups in total. The summed E-state index contributed by atoms with van der Waals surface area (Å²) in [6, 6.07) is 1.84. The maximum atomic E-state index is 4.19. The second kappa shape index (κ2) is 2.94. The summed E-state index contributed by atoms with van der Waals surface area (Å²) in [5, 5.41) is 0. The van der Waals surface area contributed by atoms with E-state index in [9.17, 15) is 0 Å². The number of aryl methyl sites for hydroxylation is 1. The SMILES string of the molecule is Cc1ccnc(-c2ncsn2)n1. The van der Waals surface area contributed by atoms with Gasteiger partial charge in [0, 0.05) is 11.9 Å². The molecule has 0 spiro atoms. The Morgan fingerprint density at radius 3 is 2.83 bits per heavy atom. The average molecular weight is 178 g/mol. The summed E-state index contributed by atoms with van der Waals surface area (Å²) < 4.78 is 4.03. The number of aromatic nitrogens is 4. The van der Waals surface area contributed by atoms with Crippen molar-refractivity contribution < 1.29 is 0 Å². The molecule has 0 aliphatic carbocycles. The van der Waals surface area contributed by atoms with Gasteiger partial charge >= 0.3 is 0 Å². The van der Waals surface area contributed by atoms with E-state index in [1.807, 2.05) is 13.0 Å². The Morgan fingerprint density at radius 1 is 1.25 bits per heavy atom. The molecule has 2 aromatic rings. The predicted octanol–water partition coefficient (Wildman–Crippen LogP) is 1.30. The third-order valence-corrected chi connectivity index (χ3v) is 1.83. The van der Waals surface area contributed by atoms with E-state index in [-0.39, 0.29) is 0 Å². The summed E-state index contributed by atoms with van der Waals surface area (Å²) in [5.74, 6) is 1.19. The normalized spacial score (nSPS) is 10.1. The van der Waals surface area contributed by atoms with Gasteiger partial charge in [0.15, 0.2) is 5.82 Å². The summed E-state index contributed by atoms with van der Waals surface area (Å²) in [5.41, 5.74) is 2.59. The molecule has 0 unspecified atom stereocenters. The summed E-state index contributed by atoms with van der Waals surface area (Å²) >= 11 is 1.30. The Bertz CT molecular complexity index is 371. The molecule has 0 aliphatic rings. The van der Waals surface area contributed by atoms with Crippen LogP contribution in [0.5, 0.6) is 0 Å². The Labute approximate surface area is 73.5 Å². The molecule has 0 amide bonds. The molecule has 2 heterocycles. The molecular formula is C7H6N4S. The van der Waals surface area contributed by atoms with E-state index in [0.717, 1.165) is 5.69 Å².